The number of hydrogen-bond donors (Lipinski definition) is 0. The molecule has 2 nitrogen and oxygen atoms in total. The van der Waals surface area contributed by atoms with E-state index in [4.69, 9.17) is 16.3 Å². The molecule has 0 aromatic carbocycles. The first-order valence-electron chi connectivity index (χ1n) is 3.93. The number of alkyl halides is 1. The summed E-state index contributed by atoms with van der Waals surface area (Å²) in [6.45, 7) is 4.51. The van der Waals surface area contributed by atoms with Crippen LogP contribution in [0.25, 0.3) is 0 Å². The Morgan fingerprint density at radius 2 is 2.25 bits per heavy atom. The van der Waals surface area contributed by atoms with Gasteiger partial charge >= 0.3 is 0 Å². The molecule has 66 valence electrons. The van der Waals surface area contributed by atoms with Crippen molar-refractivity contribution in [1.82, 2.24) is 4.98 Å². The van der Waals surface area contributed by atoms with Crippen molar-refractivity contribution in [3.63, 3.8) is 0 Å². The maximum Gasteiger partial charge on any atom is 0.213 e. The van der Waals surface area contributed by atoms with Crippen LogP contribution in [0.3, 0.4) is 0 Å². The fourth-order valence-electron chi connectivity index (χ4n) is 0.936. The summed E-state index contributed by atoms with van der Waals surface area (Å²) < 4.78 is 5.23. The van der Waals surface area contributed by atoms with Crippen LogP contribution in [0, 0.1) is 6.92 Å². The van der Waals surface area contributed by atoms with Gasteiger partial charge in [0.05, 0.1) is 6.61 Å². The van der Waals surface area contributed by atoms with E-state index < -0.39 is 0 Å². The Labute approximate surface area is 77.5 Å². The van der Waals surface area contributed by atoms with Gasteiger partial charge < -0.3 is 4.74 Å². The first-order valence-corrected chi connectivity index (χ1v) is 4.46. The number of hydrogen-bond acceptors (Lipinski definition) is 2. The Hall–Kier alpha value is -0.760. The van der Waals surface area contributed by atoms with Gasteiger partial charge in [-0.3, -0.25) is 0 Å². The number of nitrogens with zero attached hydrogens (tertiary/aromatic N) is 1. The maximum absolute atomic E-state index is 5.68. The number of ether oxygens (including phenoxy) is 1. The summed E-state index contributed by atoms with van der Waals surface area (Å²) in [6.07, 6.45) is 0. The molecule has 0 saturated carbocycles. The first-order chi connectivity index (χ1) is 5.77. The van der Waals surface area contributed by atoms with E-state index in [-0.39, 0.29) is 0 Å². The maximum atomic E-state index is 5.68. The van der Waals surface area contributed by atoms with Gasteiger partial charge in [0.15, 0.2) is 0 Å². The zero-order chi connectivity index (χ0) is 8.97. The van der Waals surface area contributed by atoms with E-state index in [1.165, 1.54) is 0 Å². The lowest BCUT2D eigenvalue weighted by atomic mass is 10.2. The number of aryl methyl sites for hydroxylation is 1. The normalized spacial score (nSPS) is 9.92. The molecule has 0 unspecified atom stereocenters. The summed E-state index contributed by atoms with van der Waals surface area (Å²) in [5, 5.41) is 0. The minimum atomic E-state index is 0.505. The van der Waals surface area contributed by atoms with E-state index in [0.29, 0.717) is 18.4 Å². The van der Waals surface area contributed by atoms with E-state index in [1.54, 1.807) is 0 Å². The van der Waals surface area contributed by atoms with Crippen molar-refractivity contribution in [3.05, 3.63) is 23.4 Å². The van der Waals surface area contributed by atoms with Crippen LogP contribution in [0.15, 0.2) is 12.1 Å². The third kappa shape index (κ3) is 2.11. The average molecular weight is 186 g/mol. The minimum Gasteiger partial charge on any atom is -0.478 e. The summed E-state index contributed by atoms with van der Waals surface area (Å²) in [6, 6.07) is 3.79. The van der Waals surface area contributed by atoms with Crippen LogP contribution in [0.4, 0.5) is 0 Å². The van der Waals surface area contributed by atoms with Crippen molar-refractivity contribution < 1.29 is 4.74 Å². The molecular formula is C9H12ClNO. The summed E-state index contributed by atoms with van der Waals surface area (Å²) in [7, 11) is 0. The number of pyridine rings is 1. The Morgan fingerprint density at radius 3 is 2.75 bits per heavy atom. The molecule has 1 aromatic heterocycles. The minimum absolute atomic E-state index is 0.505. The van der Waals surface area contributed by atoms with Crippen LogP contribution >= 0.6 is 11.6 Å². The molecule has 0 bridgehead atoms. The summed E-state index contributed by atoms with van der Waals surface area (Å²) in [5.74, 6) is 1.18. The zero-order valence-corrected chi connectivity index (χ0v) is 8.06. The highest BCUT2D eigenvalue weighted by Crippen LogP contribution is 2.13. The highest BCUT2D eigenvalue weighted by Gasteiger charge is 1.99. The van der Waals surface area contributed by atoms with Gasteiger partial charge in [0, 0.05) is 17.6 Å². The van der Waals surface area contributed by atoms with Gasteiger partial charge in [-0.2, -0.15) is 0 Å². The quantitative estimate of drug-likeness (QED) is 0.676. The topological polar surface area (TPSA) is 22.1 Å². The number of rotatable bonds is 3. The lowest BCUT2D eigenvalue weighted by Gasteiger charge is -2.04. The molecule has 0 amide bonds. The van der Waals surface area contributed by atoms with Gasteiger partial charge in [0.1, 0.15) is 0 Å². The lowest BCUT2D eigenvalue weighted by Crippen LogP contribution is -1.97. The lowest BCUT2D eigenvalue weighted by molar-refractivity contribution is 0.326. The molecule has 0 saturated heterocycles. The van der Waals surface area contributed by atoms with E-state index in [9.17, 15) is 0 Å². The third-order valence-corrected chi connectivity index (χ3v) is 1.89. The van der Waals surface area contributed by atoms with E-state index in [0.717, 1.165) is 11.3 Å². The second-order valence-corrected chi connectivity index (χ2v) is 2.73. The summed E-state index contributed by atoms with van der Waals surface area (Å²) in [5.41, 5.74) is 2.00. The van der Waals surface area contributed by atoms with Gasteiger partial charge in [0.2, 0.25) is 5.88 Å². The molecule has 1 aromatic rings. The Balaban J connectivity index is 2.86. The summed E-state index contributed by atoms with van der Waals surface area (Å²) >= 11 is 5.68. The average Bonchev–Trinajstić information content (AvgIpc) is 2.05. The number of halogens is 1. The molecule has 3 heteroatoms. The molecule has 0 spiro atoms. The van der Waals surface area contributed by atoms with E-state index in [2.05, 4.69) is 4.98 Å². The molecule has 0 fully saturated rings. The Bertz CT molecular complexity index is 263. The van der Waals surface area contributed by atoms with Crippen LogP contribution in [0.2, 0.25) is 0 Å². The summed E-state index contributed by atoms with van der Waals surface area (Å²) in [4.78, 5) is 4.23. The van der Waals surface area contributed by atoms with Gasteiger partial charge in [-0.15, -0.1) is 11.6 Å². The first kappa shape index (κ1) is 9.33. The molecule has 1 heterocycles. The molecule has 1 rings (SSSR count). The van der Waals surface area contributed by atoms with Crippen molar-refractivity contribution in [1.29, 1.82) is 0 Å². The van der Waals surface area contributed by atoms with Crippen molar-refractivity contribution in [2.75, 3.05) is 6.61 Å². The zero-order valence-electron chi connectivity index (χ0n) is 7.30. The molecular weight excluding hydrogens is 174 g/mol. The highest BCUT2D eigenvalue weighted by atomic mass is 35.5. The largest absolute Gasteiger partial charge is 0.478 e. The molecule has 0 aliphatic rings. The van der Waals surface area contributed by atoms with E-state index in [1.807, 2.05) is 26.0 Å². The standard InChI is InChI=1S/C9H12ClNO/c1-3-12-9-5-4-8(6-10)7(2)11-9/h4-5H,3,6H2,1-2H3. The van der Waals surface area contributed by atoms with Crippen LogP contribution in [-0.2, 0) is 5.88 Å². The van der Waals surface area contributed by atoms with Gasteiger partial charge in [-0.25, -0.2) is 4.98 Å². The monoisotopic (exact) mass is 185 g/mol. The van der Waals surface area contributed by atoms with Crippen LogP contribution in [-0.4, -0.2) is 11.6 Å². The van der Waals surface area contributed by atoms with Crippen molar-refractivity contribution >= 4 is 11.6 Å². The van der Waals surface area contributed by atoms with Gasteiger partial charge in [0.25, 0.3) is 0 Å². The predicted octanol–water partition coefficient (Wildman–Crippen LogP) is 2.53. The van der Waals surface area contributed by atoms with Crippen LogP contribution < -0.4 is 4.74 Å². The molecule has 0 N–H and O–H groups in total. The van der Waals surface area contributed by atoms with Crippen molar-refractivity contribution in [2.45, 2.75) is 19.7 Å². The molecule has 12 heavy (non-hydrogen) atoms. The highest BCUT2D eigenvalue weighted by molar-refractivity contribution is 6.17. The Morgan fingerprint density at radius 1 is 1.50 bits per heavy atom. The van der Waals surface area contributed by atoms with E-state index >= 15 is 0 Å². The predicted molar refractivity (Wildman–Crippen MR) is 49.7 cm³/mol. The third-order valence-electron chi connectivity index (χ3n) is 1.61. The fraction of sp³-hybridized carbons (Fsp3) is 0.444. The van der Waals surface area contributed by atoms with Gasteiger partial charge in [-0.05, 0) is 19.4 Å². The molecule has 0 atom stereocenters. The second-order valence-electron chi connectivity index (χ2n) is 2.46. The molecule has 0 aliphatic carbocycles. The van der Waals surface area contributed by atoms with Crippen LogP contribution in [0.1, 0.15) is 18.2 Å². The smallest absolute Gasteiger partial charge is 0.213 e. The Kier molecular flexibility index (Phi) is 3.35. The van der Waals surface area contributed by atoms with Crippen molar-refractivity contribution in [3.8, 4) is 5.88 Å². The van der Waals surface area contributed by atoms with Crippen molar-refractivity contribution in [2.24, 2.45) is 0 Å². The molecule has 0 aliphatic heterocycles. The van der Waals surface area contributed by atoms with Gasteiger partial charge in [-0.1, -0.05) is 6.07 Å². The molecule has 0 radical (unpaired) electrons. The number of aromatic nitrogens is 1. The SMILES string of the molecule is CCOc1ccc(CCl)c(C)n1. The van der Waals surface area contributed by atoms with Crippen LogP contribution in [0.5, 0.6) is 5.88 Å². The second kappa shape index (κ2) is 4.31. The fourth-order valence-corrected chi connectivity index (χ4v) is 1.22.